The Kier molecular flexibility index (Phi) is 3.38. The van der Waals surface area contributed by atoms with E-state index in [1.54, 1.807) is 0 Å². The highest BCUT2D eigenvalue weighted by molar-refractivity contribution is 5.05. The van der Waals surface area contributed by atoms with E-state index in [0.29, 0.717) is 5.41 Å². The Balaban J connectivity index is 1.72. The van der Waals surface area contributed by atoms with Crippen molar-refractivity contribution in [2.45, 2.75) is 46.6 Å². The molecule has 0 atom stereocenters. The van der Waals surface area contributed by atoms with Crippen molar-refractivity contribution < 1.29 is 4.42 Å². The third kappa shape index (κ3) is 3.11. The highest BCUT2D eigenvalue weighted by Gasteiger charge is 2.42. The van der Waals surface area contributed by atoms with Gasteiger partial charge in [0.1, 0.15) is 11.5 Å². The first-order chi connectivity index (χ1) is 7.60. The van der Waals surface area contributed by atoms with Crippen LogP contribution in [0, 0.1) is 18.3 Å². The minimum Gasteiger partial charge on any atom is -0.465 e. The van der Waals surface area contributed by atoms with Crippen molar-refractivity contribution >= 4 is 0 Å². The van der Waals surface area contributed by atoms with Gasteiger partial charge in [-0.05, 0) is 49.7 Å². The Morgan fingerprint density at radius 1 is 1.38 bits per heavy atom. The normalized spacial score (nSPS) is 18.0. The molecule has 1 N–H and O–H groups in total. The fourth-order valence-electron chi connectivity index (χ4n) is 2.53. The molecule has 0 saturated heterocycles. The molecular formula is C14H23NO. The summed E-state index contributed by atoms with van der Waals surface area (Å²) in [6.07, 6.45) is 4.15. The van der Waals surface area contributed by atoms with Gasteiger partial charge in [0, 0.05) is 6.54 Å². The van der Waals surface area contributed by atoms with Gasteiger partial charge in [0.25, 0.3) is 0 Å². The summed E-state index contributed by atoms with van der Waals surface area (Å²) in [4.78, 5) is 0. The molecule has 2 nitrogen and oxygen atoms in total. The molecule has 1 heterocycles. The molecule has 0 aromatic carbocycles. The van der Waals surface area contributed by atoms with E-state index in [0.717, 1.165) is 30.5 Å². The largest absolute Gasteiger partial charge is 0.465 e. The standard InChI is InChI=1S/C14H23NO/c1-11(2)8-14(6-7-14)10-15-9-13-5-4-12(3)16-13/h4-5,11,15H,6-10H2,1-3H3. The van der Waals surface area contributed by atoms with E-state index < -0.39 is 0 Å². The van der Waals surface area contributed by atoms with Crippen LogP contribution in [0.1, 0.15) is 44.6 Å². The van der Waals surface area contributed by atoms with E-state index in [1.807, 2.05) is 13.0 Å². The van der Waals surface area contributed by atoms with Crippen molar-refractivity contribution in [1.29, 1.82) is 0 Å². The summed E-state index contributed by atoms with van der Waals surface area (Å²) in [6.45, 7) is 8.63. The number of rotatable bonds is 6. The van der Waals surface area contributed by atoms with Gasteiger partial charge in [-0.25, -0.2) is 0 Å². The molecule has 1 aromatic heterocycles. The summed E-state index contributed by atoms with van der Waals surface area (Å²) in [7, 11) is 0. The van der Waals surface area contributed by atoms with E-state index in [9.17, 15) is 0 Å². The molecule has 1 fully saturated rings. The maximum Gasteiger partial charge on any atom is 0.117 e. The Morgan fingerprint density at radius 3 is 2.62 bits per heavy atom. The molecular weight excluding hydrogens is 198 g/mol. The number of hydrogen-bond donors (Lipinski definition) is 1. The summed E-state index contributed by atoms with van der Waals surface area (Å²) in [6, 6.07) is 4.09. The molecule has 0 aliphatic heterocycles. The fraction of sp³-hybridized carbons (Fsp3) is 0.714. The predicted octanol–water partition coefficient (Wildman–Crippen LogP) is 3.50. The highest BCUT2D eigenvalue weighted by atomic mass is 16.3. The Morgan fingerprint density at radius 2 is 2.12 bits per heavy atom. The molecule has 90 valence electrons. The van der Waals surface area contributed by atoms with Crippen molar-refractivity contribution in [1.82, 2.24) is 5.32 Å². The molecule has 0 spiro atoms. The highest BCUT2D eigenvalue weighted by Crippen LogP contribution is 2.50. The first kappa shape index (κ1) is 11.7. The van der Waals surface area contributed by atoms with Crippen molar-refractivity contribution in [3.63, 3.8) is 0 Å². The minimum atomic E-state index is 0.607. The SMILES string of the molecule is Cc1ccc(CNCC2(CC(C)C)CC2)o1. The van der Waals surface area contributed by atoms with Crippen LogP contribution in [0.4, 0.5) is 0 Å². The van der Waals surface area contributed by atoms with Gasteiger partial charge in [-0.15, -0.1) is 0 Å². The molecule has 1 aliphatic rings. The zero-order chi connectivity index (χ0) is 11.6. The smallest absolute Gasteiger partial charge is 0.117 e. The lowest BCUT2D eigenvalue weighted by Crippen LogP contribution is -2.24. The van der Waals surface area contributed by atoms with Gasteiger partial charge in [0.05, 0.1) is 6.54 Å². The first-order valence-corrected chi connectivity index (χ1v) is 6.36. The summed E-state index contributed by atoms with van der Waals surface area (Å²) < 4.78 is 5.54. The van der Waals surface area contributed by atoms with E-state index in [2.05, 4.69) is 25.2 Å². The van der Waals surface area contributed by atoms with Crippen LogP contribution in [-0.4, -0.2) is 6.54 Å². The van der Waals surface area contributed by atoms with Gasteiger partial charge in [-0.3, -0.25) is 0 Å². The minimum absolute atomic E-state index is 0.607. The number of hydrogen-bond acceptors (Lipinski definition) is 2. The van der Waals surface area contributed by atoms with Crippen molar-refractivity contribution in [3.8, 4) is 0 Å². The Bertz CT molecular complexity index is 336. The lowest BCUT2D eigenvalue weighted by molar-refractivity contribution is 0.357. The topological polar surface area (TPSA) is 25.2 Å². The van der Waals surface area contributed by atoms with E-state index in [1.165, 1.54) is 19.3 Å². The Labute approximate surface area is 98.4 Å². The maximum absolute atomic E-state index is 5.54. The van der Waals surface area contributed by atoms with Crippen LogP contribution in [0.2, 0.25) is 0 Å². The van der Waals surface area contributed by atoms with E-state index in [-0.39, 0.29) is 0 Å². The van der Waals surface area contributed by atoms with Crippen LogP contribution in [0.25, 0.3) is 0 Å². The zero-order valence-corrected chi connectivity index (χ0v) is 10.7. The van der Waals surface area contributed by atoms with Gasteiger partial charge in [-0.1, -0.05) is 13.8 Å². The first-order valence-electron chi connectivity index (χ1n) is 6.36. The zero-order valence-electron chi connectivity index (χ0n) is 10.7. The van der Waals surface area contributed by atoms with Gasteiger partial charge < -0.3 is 9.73 Å². The number of nitrogens with one attached hydrogen (secondary N) is 1. The average molecular weight is 221 g/mol. The molecule has 0 bridgehead atoms. The molecule has 2 rings (SSSR count). The third-order valence-electron chi connectivity index (χ3n) is 3.39. The second-order valence-electron chi connectivity index (χ2n) is 5.71. The molecule has 1 aromatic rings. The van der Waals surface area contributed by atoms with Crippen LogP contribution >= 0.6 is 0 Å². The molecule has 1 saturated carbocycles. The van der Waals surface area contributed by atoms with Crippen molar-refractivity contribution in [2.24, 2.45) is 11.3 Å². The van der Waals surface area contributed by atoms with Crippen molar-refractivity contribution in [3.05, 3.63) is 23.7 Å². The van der Waals surface area contributed by atoms with Gasteiger partial charge in [0.2, 0.25) is 0 Å². The third-order valence-corrected chi connectivity index (χ3v) is 3.39. The van der Waals surface area contributed by atoms with Gasteiger partial charge >= 0.3 is 0 Å². The molecule has 0 amide bonds. The molecule has 0 unspecified atom stereocenters. The quantitative estimate of drug-likeness (QED) is 0.795. The lowest BCUT2D eigenvalue weighted by Gasteiger charge is -2.17. The molecule has 2 heteroatoms. The molecule has 1 aliphatic carbocycles. The Hall–Kier alpha value is -0.760. The summed E-state index contributed by atoms with van der Waals surface area (Å²) in [5, 5.41) is 3.53. The maximum atomic E-state index is 5.54. The van der Waals surface area contributed by atoms with Crippen LogP contribution < -0.4 is 5.32 Å². The van der Waals surface area contributed by atoms with Gasteiger partial charge in [-0.2, -0.15) is 0 Å². The van der Waals surface area contributed by atoms with Crippen LogP contribution in [0.5, 0.6) is 0 Å². The number of furan rings is 1. The fourth-order valence-corrected chi connectivity index (χ4v) is 2.53. The van der Waals surface area contributed by atoms with Crippen molar-refractivity contribution in [2.75, 3.05) is 6.54 Å². The van der Waals surface area contributed by atoms with E-state index >= 15 is 0 Å². The summed E-state index contributed by atoms with van der Waals surface area (Å²) in [5.41, 5.74) is 0.607. The molecule has 16 heavy (non-hydrogen) atoms. The second kappa shape index (κ2) is 4.62. The van der Waals surface area contributed by atoms with Crippen LogP contribution in [0.15, 0.2) is 16.5 Å². The van der Waals surface area contributed by atoms with Crippen LogP contribution in [-0.2, 0) is 6.54 Å². The number of aryl methyl sites for hydroxylation is 1. The summed E-state index contributed by atoms with van der Waals surface area (Å²) >= 11 is 0. The van der Waals surface area contributed by atoms with Crippen LogP contribution in [0.3, 0.4) is 0 Å². The van der Waals surface area contributed by atoms with Gasteiger partial charge in [0.15, 0.2) is 0 Å². The monoisotopic (exact) mass is 221 g/mol. The average Bonchev–Trinajstić information content (AvgIpc) is 2.80. The lowest BCUT2D eigenvalue weighted by atomic mass is 9.94. The van der Waals surface area contributed by atoms with E-state index in [4.69, 9.17) is 4.42 Å². The predicted molar refractivity (Wildman–Crippen MR) is 66.3 cm³/mol. The summed E-state index contributed by atoms with van der Waals surface area (Å²) in [5.74, 6) is 2.87. The second-order valence-corrected chi connectivity index (χ2v) is 5.71. The molecule has 0 radical (unpaired) electrons.